The van der Waals surface area contributed by atoms with E-state index >= 15 is 0 Å². The predicted molar refractivity (Wildman–Crippen MR) is 112 cm³/mol. The van der Waals surface area contributed by atoms with Gasteiger partial charge < -0.3 is 11.1 Å². The van der Waals surface area contributed by atoms with Crippen molar-refractivity contribution < 1.29 is 0 Å². The Labute approximate surface area is 165 Å². The smallest absolute Gasteiger partial charge is 0.206 e. The Hall–Kier alpha value is -2.06. The van der Waals surface area contributed by atoms with Crippen LogP contribution in [-0.4, -0.2) is 27.2 Å². The van der Waals surface area contributed by atoms with Crippen LogP contribution in [0.5, 0.6) is 0 Å². The van der Waals surface area contributed by atoms with Crippen LogP contribution in [0.4, 0.5) is 5.13 Å². The lowest BCUT2D eigenvalue weighted by molar-refractivity contribution is 0.721. The minimum absolute atomic E-state index is 0. The van der Waals surface area contributed by atoms with E-state index in [4.69, 9.17) is 5.73 Å². The van der Waals surface area contributed by atoms with E-state index in [1.165, 1.54) is 17.1 Å². The molecule has 2 aromatic heterocycles. The number of nitrogens with zero attached hydrogens (tertiary/aromatic N) is 3. The summed E-state index contributed by atoms with van der Waals surface area (Å²) in [6, 6.07) is 16.7. The lowest BCUT2D eigenvalue weighted by atomic mass is 10.1. The molecule has 2 heterocycles. The van der Waals surface area contributed by atoms with Crippen LogP contribution in [0.2, 0.25) is 0 Å². The molecule has 0 spiro atoms. The molecule has 0 aliphatic heterocycles. The highest BCUT2D eigenvalue weighted by Gasteiger charge is 2.12. The maximum absolute atomic E-state index is 5.93. The Bertz CT molecular complexity index is 970. The van der Waals surface area contributed by atoms with Gasteiger partial charge in [-0.05, 0) is 29.6 Å². The zero-order valence-corrected chi connectivity index (χ0v) is 16.3. The van der Waals surface area contributed by atoms with Gasteiger partial charge in [0.05, 0.1) is 4.70 Å². The highest BCUT2D eigenvalue weighted by molar-refractivity contribution is 7.18. The zero-order chi connectivity index (χ0) is 17.1. The molecule has 0 bridgehead atoms. The molecule has 0 amide bonds. The monoisotopic (exact) mass is 403 g/mol. The van der Waals surface area contributed by atoms with Gasteiger partial charge in [0, 0.05) is 29.7 Å². The van der Waals surface area contributed by atoms with E-state index in [0.717, 1.165) is 32.2 Å². The Morgan fingerprint density at radius 3 is 2.73 bits per heavy atom. The Morgan fingerprint density at radius 1 is 1.08 bits per heavy atom. The molecule has 0 fully saturated rings. The van der Waals surface area contributed by atoms with Crippen LogP contribution in [0.15, 0.2) is 54.7 Å². The van der Waals surface area contributed by atoms with E-state index in [1.807, 2.05) is 24.4 Å². The summed E-state index contributed by atoms with van der Waals surface area (Å²) in [5.74, 6) is 0. The number of rotatable bonds is 6. The first-order valence-corrected chi connectivity index (χ1v) is 9.59. The van der Waals surface area contributed by atoms with Crippen molar-refractivity contribution in [3.8, 4) is 10.6 Å². The van der Waals surface area contributed by atoms with E-state index in [1.54, 1.807) is 11.3 Å². The first-order chi connectivity index (χ1) is 12.3. The number of fused-ring (bicyclic) bond motifs is 1. The number of nitrogens with two attached hydrogens (primary N) is 1. The molecule has 0 unspecified atom stereocenters. The van der Waals surface area contributed by atoms with Gasteiger partial charge in [-0.1, -0.05) is 53.8 Å². The number of halogens is 1. The van der Waals surface area contributed by atoms with Gasteiger partial charge in [-0.2, -0.15) is 4.37 Å². The minimum atomic E-state index is 0. The fourth-order valence-electron chi connectivity index (χ4n) is 2.66. The number of aromatic nitrogens is 3. The van der Waals surface area contributed by atoms with Gasteiger partial charge in [0.25, 0.3) is 0 Å². The van der Waals surface area contributed by atoms with Crippen molar-refractivity contribution in [1.29, 1.82) is 0 Å². The van der Waals surface area contributed by atoms with Crippen LogP contribution in [0.3, 0.4) is 0 Å². The maximum Gasteiger partial charge on any atom is 0.206 e. The summed E-state index contributed by atoms with van der Waals surface area (Å²) in [6.45, 7) is 0.538. The third-order valence-electron chi connectivity index (χ3n) is 3.97. The third-order valence-corrected chi connectivity index (χ3v) is 5.63. The topological polar surface area (TPSA) is 76.7 Å². The number of hydrogen-bond acceptors (Lipinski definition) is 7. The highest BCUT2D eigenvalue weighted by atomic mass is 35.5. The minimum Gasteiger partial charge on any atom is -0.356 e. The van der Waals surface area contributed by atoms with Crippen LogP contribution >= 0.6 is 35.3 Å². The second-order valence-electron chi connectivity index (χ2n) is 5.76. The standard InChI is InChI=1S/C18H17N5S2.ClH/c19-10-15(8-12-4-2-1-3-5-12)21-18-23-22-17(24-18)13-6-7-14-11-20-25-16(14)9-13;/h1-7,9,11,15H,8,10,19H2,(H,21,23);1H/t15-;/m1./s1. The third kappa shape index (κ3) is 4.19. The molecular weight excluding hydrogens is 386 g/mol. The summed E-state index contributed by atoms with van der Waals surface area (Å²) in [4.78, 5) is 0. The van der Waals surface area contributed by atoms with Gasteiger partial charge in [0.1, 0.15) is 5.01 Å². The predicted octanol–water partition coefficient (Wildman–Crippen LogP) is 4.22. The van der Waals surface area contributed by atoms with Crippen molar-refractivity contribution in [2.45, 2.75) is 12.5 Å². The largest absolute Gasteiger partial charge is 0.356 e. The summed E-state index contributed by atoms with van der Waals surface area (Å²) in [7, 11) is 0. The lowest BCUT2D eigenvalue weighted by Crippen LogP contribution is -2.30. The van der Waals surface area contributed by atoms with E-state index in [9.17, 15) is 0 Å². The molecule has 0 saturated heterocycles. The van der Waals surface area contributed by atoms with Gasteiger partial charge in [-0.25, -0.2) is 0 Å². The van der Waals surface area contributed by atoms with Crippen LogP contribution in [-0.2, 0) is 6.42 Å². The molecule has 134 valence electrons. The fourth-order valence-corrected chi connectivity index (χ4v) is 4.16. The summed E-state index contributed by atoms with van der Waals surface area (Å²) >= 11 is 3.04. The van der Waals surface area contributed by atoms with Crippen molar-refractivity contribution >= 4 is 50.5 Å². The first-order valence-electron chi connectivity index (χ1n) is 8.00. The van der Waals surface area contributed by atoms with Crippen molar-refractivity contribution in [2.75, 3.05) is 11.9 Å². The molecular formula is C18H18ClN5S2. The molecule has 4 aromatic rings. The fraction of sp³-hybridized carbons (Fsp3) is 0.167. The van der Waals surface area contributed by atoms with Crippen molar-refractivity contribution in [3.05, 3.63) is 60.3 Å². The summed E-state index contributed by atoms with van der Waals surface area (Å²) < 4.78 is 5.37. The molecule has 4 rings (SSSR count). The van der Waals surface area contributed by atoms with E-state index < -0.39 is 0 Å². The van der Waals surface area contributed by atoms with Crippen LogP contribution in [0.1, 0.15) is 5.56 Å². The Balaban J connectivity index is 0.00000196. The molecule has 3 N–H and O–H groups in total. The number of nitrogens with one attached hydrogen (secondary N) is 1. The summed E-state index contributed by atoms with van der Waals surface area (Å²) in [6.07, 6.45) is 2.74. The van der Waals surface area contributed by atoms with E-state index in [2.05, 4.69) is 50.2 Å². The molecule has 5 nitrogen and oxygen atoms in total. The first kappa shape index (κ1) is 18.7. The molecule has 0 saturated carbocycles. The maximum atomic E-state index is 5.93. The number of hydrogen-bond donors (Lipinski definition) is 2. The number of benzene rings is 2. The molecule has 0 radical (unpaired) electrons. The Morgan fingerprint density at radius 2 is 1.92 bits per heavy atom. The summed E-state index contributed by atoms with van der Waals surface area (Å²) in [5, 5.41) is 14.9. The second-order valence-corrected chi connectivity index (χ2v) is 7.57. The van der Waals surface area contributed by atoms with Crippen LogP contribution < -0.4 is 11.1 Å². The zero-order valence-electron chi connectivity index (χ0n) is 13.8. The molecule has 0 aliphatic carbocycles. The van der Waals surface area contributed by atoms with E-state index in [-0.39, 0.29) is 18.4 Å². The van der Waals surface area contributed by atoms with Crippen molar-refractivity contribution in [3.63, 3.8) is 0 Å². The second kappa shape index (κ2) is 8.55. The van der Waals surface area contributed by atoms with E-state index in [0.29, 0.717) is 6.54 Å². The Kier molecular flexibility index (Phi) is 6.16. The quantitative estimate of drug-likeness (QED) is 0.504. The molecule has 2 aromatic carbocycles. The van der Waals surface area contributed by atoms with Crippen LogP contribution in [0.25, 0.3) is 20.7 Å². The van der Waals surface area contributed by atoms with Crippen molar-refractivity contribution in [1.82, 2.24) is 14.6 Å². The average Bonchev–Trinajstić information content (AvgIpc) is 3.30. The van der Waals surface area contributed by atoms with Gasteiger partial charge in [0.2, 0.25) is 5.13 Å². The number of anilines is 1. The molecule has 0 aliphatic rings. The molecule has 8 heteroatoms. The average molecular weight is 404 g/mol. The van der Waals surface area contributed by atoms with Crippen LogP contribution in [0, 0.1) is 0 Å². The normalized spacial score (nSPS) is 11.9. The van der Waals surface area contributed by atoms with Gasteiger partial charge in [-0.3, -0.25) is 0 Å². The van der Waals surface area contributed by atoms with Crippen molar-refractivity contribution in [2.24, 2.45) is 5.73 Å². The lowest BCUT2D eigenvalue weighted by Gasteiger charge is -2.15. The molecule has 26 heavy (non-hydrogen) atoms. The molecule has 1 atom stereocenters. The van der Waals surface area contributed by atoms with Gasteiger partial charge in [-0.15, -0.1) is 22.6 Å². The van der Waals surface area contributed by atoms with Gasteiger partial charge in [0.15, 0.2) is 0 Å². The van der Waals surface area contributed by atoms with Gasteiger partial charge >= 0.3 is 0 Å². The highest BCUT2D eigenvalue weighted by Crippen LogP contribution is 2.30. The summed E-state index contributed by atoms with van der Waals surface area (Å²) in [5.41, 5.74) is 8.25. The SMILES string of the molecule is Cl.NC[C@@H](Cc1ccccc1)Nc1nnc(-c2ccc3cnsc3c2)s1.